The van der Waals surface area contributed by atoms with Crippen molar-refractivity contribution in [3.63, 3.8) is 0 Å². The second kappa shape index (κ2) is 5.59. The minimum atomic E-state index is -0.762. The Morgan fingerprint density at radius 3 is 1.89 bits per heavy atom. The average Bonchev–Trinajstić information content (AvgIpc) is 2.37. The van der Waals surface area contributed by atoms with E-state index in [9.17, 15) is 5.11 Å². The highest BCUT2D eigenvalue weighted by Gasteiger charge is 2.29. The van der Waals surface area contributed by atoms with Gasteiger partial charge in [-0.1, -0.05) is 48.5 Å². The number of hydrogen-bond donors (Lipinski definition) is 1. The summed E-state index contributed by atoms with van der Waals surface area (Å²) in [6.45, 7) is 3.72. The molecule has 1 nitrogen and oxygen atoms in total. The van der Waals surface area contributed by atoms with Crippen LogP contribution in [-0.2, 0) is 0 Å². The zero-order chi connectivity index (χ0) is 13.0. The van der Waals surface area contributed by atoms with Crippen LogP contribution >= 0.6 is 11.8 Å². The molecule has 2 aromatic carbocycles. The van der Waals surface area contributed by atoms with Gasteiger partial charge in [-0.05, 0) is 31.5 Å². The number of hydrogen-bond acceptors (Lipinski definition) is 2. The first-order valence-corrected chi connectivity index (χ1v) is 6.94. The van der Waals surface area contributed by atoms with Crippen LogP contribution in [0.5, 0.6) is 0 Å². The van der Waals surface area contributed by atoms with E-state index in [2.05, 4.69) is 24.3 Å². The van der Waals surface area contributed by atoms with Gasteiger partial charge in [-0.3, -0.25) is 0 Å². The van der Waals surface area contributed by atoms with Crippen LogP contribution in [0, 0.1) is 0 Å². The van der Waals surface area contributed by atoms with Crippen molar-refractivity contribution in [2.75, 3.05) is 0 Å². The number of aliphatic hydroxyl groups is 1. The predicted molar refractivity (Wildman–Crippen MR) is 77.8 cm³/mol. The maximum atomic E-state index is 10.4. The lowest BCUT2D eigenvalue weighted by molar-refractivity contribution is 0.0776. The third-order valence-electron chi connectivity index (χ3n) is 2.74. The highest BCUT2D eigenvalue weighted by molar-refractivity contribution is 7.99. The normalized spacial score (nSPS) is 13.3. The minimum absolute atomic E-state index is 0.0288. The molecule has 0 aliphatic heterocycles. The molecule has 2 rings (SSSR count). The molecule has 2 aromatic rings. The molecule has 0 radical (unpaired) electrons. The molecular formula is C16H18OS. The molecule has 0 aromatic heterocycles. The minimum Gasteiger partial charge on any atom is -0.389 e. The van der Waals surface area contributed by atoms with Crippen LogP contribution in [-0.4, -0.2) is 10.7 Å². The van der Waals surface area contributed by atoms with E-state index in [1.165, 1.54) is 4.90 Å². The molecule has 0 aliphatic carbocycles. The number of rotatable bonds is 4. The van der Waals surface area contributed by atoms with Gasteiger partial charge in [0.25, 0.3) is 0 Å². The van der Waals surface area contributed by atoms with Gasteiger partial charge in [0.15, 0.2) is 0 Å². The van der Waals surface area contributed by atoms with E-state index >= 15 is 0 Å². The first-order valence-electron chi connectivity index (χ1n) is 6.06. The van der Waals surface area contributed by atoms with Gasteiger partial charge in [-0.2, -0.15) is 0 Å². The van der Waals surface area contributed by atoms with Crippen molar-refractivity contribution in [1.29, 1.82) is 0 Å². The second-order valence-electron chi connectivity index (χ2n) is 4.88. The summed E-state index contributed by atoms with van der Waals surface area (Å²) in [6, 6.07) is 20.4. The molecule has 94 valence electrons. The Hall–Kier alpha value is -1.25. The maximum absolute atomic E-state index is 10.4. The van der Waals surface area contributed by atoms with Crippen molar-refractivity contribution >= 4 is 11.8 Å². The Morgan fingerprint density at radius 2 is 1.39 bits per heavy atom. The molecule has 0 heterocycles. The summed E-state index contributed by atoms with van der Waals surface area (Å²) in [7, 11) is 0. The Kier molecular flexibility index (Phi) is 4.10. The van der Waals surface area contributed by atoms with Crippen LogP contribution < -0.4 is 0 Å². The van der Waals surface area contributed by atoms with Gasteiger partial charge >= 0.3 is 0 Å². The lowest BCUT2D eigenvalue weighted by Crippen LogP contribution is -2.26. The summed E-state index contributed by atoms with van der Waals surface area (Å²) in [5, 5.41) is 10.4. The summed E-state index contributed by atoms with van der Waals surface area (Å²) < 4.78 is 0. The molecule has 0 amide bonds. The Morgan fingerprint density at radius 1 is 0.889 bits per heavy atom. The Balaban J connectivity index is 2.28. The van der Waals surface area contributed by atoms with Crippen LogP contribution in [0.3, 0.4) is 0 Å². The van der Waals surface area contributed by atoms with E-state index < -0.39 is 5.60 Å². The third-order valence-corrected chi connectivity index (χ3v) is 4.37. The van der Waals surface area contributed by atoms with Gasteiger partial charge in [-0.15, -0.1) is 11.8 Å². The highest BCUT2D eigenvalue weighted by Crippen LogP contribution is 2.42. The summed E-state index contributed by atoms with van der Waals surface area (Å²) >= 11 is 1.70. The van der Waals surface area contributed by atoms with Crippen molar-refractivity contribution in [3.8, 4) is 0 Å². The van der Waals surface area contributed by atoms with Gasteiger partial charge in [0.1, 0.15) is 0 Å². The van der Waals surface area contributed by atoms with Crippen LogP contribution in [0.25, 0.3) is 0 Å². The summed E-state index contributed by atoms with van der Waals surface area (Å²) in [4.78, 5) is 1.17. The van der Waals surface area contributed by atoms with Crippen molar-refractivity contribution in [2.45, 2.75) is 29.6 Å². The first-order chi connectivity index (χ1) is 8.57. The Bertz CT molecular complexity index is 473. The van der Waals surface area contributed by atoms with Gasteiger partial charge in [0.2, 0.25) is 0 Å². The average molecular weight is 258 g/mol. The van der Waals surface area contributed by atoms with Crippen molar-refractivity contribution < 1.29 is 5.11 Å². The van der Waals surface area contributed by atoms with Crippen LogP contribution in [0.15, 0.2) is 65.6 Å². The Labute approximate surface area is 113 Å². The molecule has 0 bridgehead atoms. The summed E-state index contributed by atoms with van der Waals surface area (Å²) in [5.74, 6) is 0. The number of thioether (sulfide) groups is 1. The van der Waals surface area contributed by atoms with Gasteiger partial charge in [0.05, 0.1) is 10.9 Å². The van der Waals surface area contributed by atoms with Crippen LogP contribution in [0.1, 0.15) is 24.7 Å². The van der Waals surface area contributed by atoms with Gasteiger partial charge in [0, 0.05) is 4.90 Å². The fraction of sp³-hybridized carbons (Fsp3) is 0.250. The molecular weight excluding hydrogens is 240 g/mol. The lowest BCUT2D eigenvalue weighted by Gasteiger charge is -2.29. The molecule has 0 fully saturated rings. The third kappa shape index (κ3) is 3.37. The smallest absolute Gasteiger partial charge is 0.0754 e. The largest absolute Gasteiger partial charge is 0.389 e. The van der Waals surface area contributed by atoms with Crippen molar-refractivity contribution in [1.82, 2.24) is 0 Å². The van der Waals surface area contributed by atoms with E-state index in [-0.39, 0.29) is 5.25 Å². The summed E-state index contributed by atoms with van der Waals surface area (Å²) in [6.07, 6.45) is 0. The molecule has 18 heavy (non-hydrogen) atoms. The quantitative estimate of drug-likeness (QED) is 0.825. The maximum Gasteiger partial charge on any atom is 0.0754 e. The monoisotopic (exact) mass is 258 g/mol. The first kappa shape index (κ1) is 13.2. The van der Waals surface area contributed by atoms with E-state index in [4.69, 9.17) is 0 Å². The van der Waals surface area contributed by atoms with E-state index in [1.807, 2.05) is 50.2 Å². The molecule has 0 saturated heterocycles. The molecule has 0 saturated carbocycles. The predicted octanol–water partition coefficient (Wildman–Crippen LogP) is 4.29. The molecule has 0 spiro atoms. The van der Waals surface area contributed by atoms with E-state index in [0.29, 0.717) is 0 Å². The molecule has 2 heteroatoms. The molecule has 1 N–H and O–H groups in total. The van der Waals surface area contributed by atoms with Crippen LogP contribution in [0.2, 0.25) is 0 Å². The van der Waals surface area contributed by atoms with Gasteiger partial charge in [-0.25, -0.2) is 0 Å². The summed E-state index contributed by atoms with van der Waals surface area (Å²) in [5.41, 5.74) is 0.390. The fourth-order valence-electron chi connectivity index (χ4n) is 1.88. The SMILES string of the molecule is CC(C)(O)[C@@H](Sc1ccccc1)c1ccccc1. The van der Waals surface area contributed by atoms with Crippen molar-refractivity contribution in [3.05, 3.63) is 66.2 Å². The lowest BCUT2D eigenvalue weighted by atomic mass is 9.98. The fourth-order valence-corrected chi connectivity index (χ4v) is 3.05. The zero-order valence-corrected chi connectivity index (χ0v) is 11.5. The standard InChI is InChI=1S/C16H18OS/c1-16(2,17)15(13-9-5-3-6-10-13)18-14-11-7-4-8-12-14/h3-12,15,17H,1-2H3/t15-/m0/s1. The van der Waals surface area contributed by atoms with E-state index in [0.717, 1.165) is 5.56 Å². The van der Waals surface area contributed by atoms with E-state index in [1.54, 1.807) is 11.8 Å². The van der Waals surface area contributed by atoms with Crippen molar-refractivity contribution in [2.24, 2.45) is 0 Å². The second-order valence-corrected chi connectivity index (χ2v) is 6.05. The zero-order valence-electron chi connectivity index (χ0n) is 10.7. The molecule has 0 aliphatic rings. The highest BCUT2D eigenvalue weighted by atomic mass is 32.2. The molecule has 1 atom stereocenters. The van der Waals surface area contributed by atoms with Gasteiger partial charge < -0.3 is 5.11 Å². The topological polar surface area (TPSA) is 20.2 Å². The van der Waals surface area contributed by atoms with Crippen LogP contribution in [0.4, 0.5) is 0 Å². The molecule has 0 unspecified atom stereocenters. The number of benzene rings is 2.